The molecule has 5 nitrogen and oxygen atoms in total. The molecular formula is C32H23NO4. The highest BCUT2D eigenvalue weighted by atomic mass is 16.5. The van der Waals surface area contributed by atoms with Crippen LogP contribution in [0, 0.1) is 11.3 Å². The molecule has 0 radical (unpaired) electrons. The van der Waals surface area contributed by atoms with Crippen molar-refractivity contribution >= 4 is 23.5 Å². The van der Waals surface area contributed by atoms with Gasteiger partial charge in [-0.2, -0.15) is 0 Å². The van der Waals surface area contributed by atoms with Crippen molar-refractivity contribution in [3.63, 3.8) is 0 Å². The molecule has 37 heavy (non-hydrogen) atoms. The zero-order valence-electron chi connectivity index (χ0n) is 20.1. The monoisotopic (exact) mass is 485 g/mol. The van der Waals surface area contributed by atoms with Crippen LogP contribution in [0.15, 0.2) is 103 Å². The van der Waals surface area contributed by atoms with Crippen molar-refractivity contribution in [3.8, 4) is 5.75 Å². The van der Waals surface area contributed by atoms with Gasteiger partial charge in [0.2, 0.25) is 11.8 Å². The molecule has 2 atom stereocenters. The molecule has 4 aromatic rings. The van der Waals surface area contributed by atoms with E-state index in [1.807, 2.05) is 37.3 Å². The lowest BCUT2D eigenvalue weighted by Crippen LogP contribution is -2.49. The molecular weight excluding hydrogens is 462 g/mol. The fourth-order valence-electron chi connectivity index (χ4n) is 6.79. The van der Waals surface area contributed by atoms with Crippen LogP contribution in [0.1, 0.15) is 51.4 Å². The van der Waals surface area contributed by atoms with Crippen LogP contribution in [0.4, 0.5) is 5.69 Å². The summed E-state index contributed by atoms with van der Waals surface area (Å²) in [6, 6.07) is 31.8. The van der Waals surface area contributed by atoms with E-state index in [2.05, 4.69) is 24.3 Å². The van der Waals surface area contributed by atoms with Gasteiger partial charge < -0.3 is 4.74 Å². The highest BCUT2D eigenvalue weighted by molar-refractivity contribution is 6.25. The Morgan fingerprint density at radius 3 is 2.00 bits per heavy atom. The summed E-state index contributed by atoms with van der Waals surface area (Å²) in [5, 5.41) is 0. The number of hydrogen-bond donors (Lipinski definition) is 0. The Kier molecular flexibility index (Phi) is 4.55. The summed E-state index contributed by atoms with van der Waals surface area (Å²) in [6.45, 7) is 1.95. The SMILES string of the molecule is C[C@]12C(=O)N(c3cccc(OC(=O)c4ccccc4)c3)C(=O)[C@@H]1C1c3ccccc3C2c2ccccc21. The number of nitrogens with zero attached hydrogens (tertiary/aromatic N) is 1. The maximum Gasteiger partial charge on any atom is 0.343 e. The van der Waals surface area contributed by atoms with Gasteiger partial charge in [0.1, 0.15) is 5.75 Å². The number of esters is 1. The van der Waals surface area contributed by atoms with Crippen LogP contribution in [0.3, 0.4) is 0 Å². The van der Waals surface area contributed by atoms with Crippen molar-refractivity contribution in [2.45, 2.75) is 18.8 Å². The molecule has 3 aliphatic carbocycles. The quantitative estimate of drug-likeness (QED) is 0.212. The van der Waals surface area contributed by atoms with E-state index in [-0.39, 0.29) is 29.4 Å². The Labute approximate surface area is 214 Å². The first-order valence-electron chi connectivity index (χ1n) is 12.4. The molecule has 2 bridgehead atoms. The van der Waals surface area contributed by atoms with Crippen LogP contribution < -0.4 is 9.64 Å². The van der Waals surface area contributed by atoms with E-state index in [4.69, 9.17) is 4.74 Å². The summed E-state index contributed by atoms with van der Waals surface area (Å²) in [4.78, 5) is 42.3. The average Bonchev–Trinajstić information content (AvgIpc) is 3.14. The van der Waals surface area contributed by atoms with Gasteiger partial charge in [-0.05, 0) is 53.4 Å². The predicted octanol–water partition coefficient (Wildman–Crippen LogP) is 5.69. The topological polar surface area (TPSA) is 63.7 Å². The lowest BCUT2D eigenvalue weighted by Gasteiger charge is -2.51. The lowest BCUT2D eigenvalue weighted by molar-refractivity contribution is -0.128. The molecule has 2 amide bonds. The maximum absolute atomic E-state index is 14.2. The summed E-state index contributed by atoms with van der Waals surface area (Å²) in [6.07, 6.45) is 0. The molecule has 0 saturated carbocycles. The zero-order chi connectivity index (χ0) is 25.3. The van der Waals surface area contributed by atoms with Gasteiger partial charge >= 0.3 is 5.97 Å². The largest absolute Gasteiger partial charge is 0.423 e. The second kappa shape index (κ2) is 7.74. The van der Waals surface area contributed by atoms with Crippen LogP contribution in [0.25, 0.3) is 0 Å². The smallest absolute Gasteiger partial charge is 0.343 e. The van der Waals surface area contributed by atoms with Gasteiger partial charge in [-0.25, -0.2) is 9.69 Å². The highest BCUT2D eigenvalue weighted by Crippen LogP contribution is 2.67. The third kappa shape index (κ3) is 2.88. The second-order valence-electron chi connectivity index (χ2n) is 10.2. The van der Waals surface area contributed by atoms with Crippen LogP contribution >= 0.6 is 0 Å². The molecule has 180 valence electrons. The van der Waals surface area contributed by atoms with Crippen molar-refractivity contribution in [1.29, 1.82) is 0 Å². The minimum Gasteiger partial charge on any atom is -0.423 e. The number of hydrogen-bond acceptors (Lipinski definition) is 4. The van der Waals surface area contributed by atoms with Crippen LogP contribution in [0.5, 0.6) is 5.75 Å². The summed E-state index contributed by atoms with van der Waals surface area (Å²) >= 11 is 0. The normalized spacial score (nSPS) is 24.9. The van der Waals surface area contributed by atoms with Gasteiger partial charge in [-0.15, -0.1) is 0 Å². The van der Waals surface area contributed by atoms with E-state index < -0.39 is 17.3 Å². The van der Waals surface area contributed by atoms with E-state index in [0.29, 0.717) is 11.3 Å². The number of carbonyl (C=O) groups excluding carboxylic acids is 3. The van der Waals surface area contributed by atoms with Crippen molar-refractivity contribution < 1.29 is 19.1 Å². The molecule has 1 heterocycles. The summed E-state index contributed by atoms with van der Waals surface area (Å²) in [5.74, 6) is -1.56. The van der Waals surface area contributed by atoms with Crippen molar-refractivity contribution in [2.24, 2.45) is 11.3 Å². The molecule has 0 spiro atoms. The molecule has 1 saturated heterocycles. The lowest BCUT2D eigenvalue weighted by atomic mass is 9.48. The molecule has 0 N–H and O–H groups in total. The second-order valence-corrected chi connectivity index (χ2v) is 10.2. The Morgan fingerprint density at radius 1 is 0.757 bits per heavy atom. The van der Waals surface area contributed by atoms with Crippen molar-refractivity contribution in [2.75, 3.05) is 4.90 Å². The molecule has 1 aliphatic heterocycles. The van der Waals surface area contributed by atoms with E-state index in [1.54, 1.807) is 48.5 Å². The third-order valence-corrected chi connectivity index (χ3v) is 8.31. The van der Waals surface area contributed by atoms with Gasteiger partial charge in [0.15, 0.2) is 0 Å². The first kappa shape index (κ1) is 21.7. The molecule has 1 fully saturated rings. The van der Waals surface area contributed by atoms with Gasteiger partial charge in [-0.3, -0.25) is 9.59 Å². The number of anilines is 1. The fraction of sp³-hybridized carbons (Fsp3) is 0.156. The Morgan fingerprint density at radius 2 is 1.35 bits per heavy atom. The van der Waals surface area contributed by atoms with Crippen molar-refractivity contribution in [3.05, 3.63) is 131 Å². The van der Waals surface area contributed by atoms with E-state index >= 15 is 0 Å². The molecule has 4 aliphatic rings. The Hall–Kier alpha value is -4.51. The minimum atomic E-state index is -0.915. The Balaban J connectivity index is 1.30. The van der Waals surface area contributed by atoms with Crippen molar-refractivity contribution in [1.82, 2.24) is 0 Å². The van der Waals surface area contributed by atoms with Gasteiger partial charge in [-0.1, -0.05) is 72.8 Å². The molecule has 0 unspecified atom stereocenters. The van der Waals surface area contributed by atoms with Gasteiger partial charge in [0.25, 0.3) is 0 Å². The van der Waals surface area contributed by atoms with Crippen LogP contribution in [0.2, 0.25) is 0 Å². The number of imide groups is 1. The van der Waals surface area contributed by atoms with E-state index in [9.17, 15) is 14.4 Å². The van der Waals surface area contributed by atoms with Gasteiger partial charge in [0, 0.05) is 17.9 Å². The van der Waals surface area contributed by atoms with Crippen LogP contribution in [-0.2, 0) is 9.59 Å². The molecule has 5 heteroatoms. The first-order chi connectivity index (χ1) is 18.0. The summed E-state index contributed by atoms with van der Waals surface area (Å²) in [7, 11) is 0. The van der Waals surface area contributed by atoms with E-state index in [1.165, 1.54) is 4.90 Å². The number of rotatable bonds is 3. The zero-order valence-corrected chi connectivity index (χ0v) is 20.1. The van der Waals surface area contributed by atoms with Crippen LogP contribution in [-0.4, -0.2) is 17.8 Å². The summed E-state index contributed by atoms with van der Waals surface area (Å²) in [5.41, 5.74) is 4.42. The standard InChI is InChI=1S/C32H23NO4/c1-32-27-24-16-7-5-14-22(24)26(23-15-6-8-17-25(23)27)28(32)29(34)33(31(32)36)20-12-9-13-21(18-20)37-30(35)19-10-3-2-4-11-19/h2-18,26-28H,1H3/t26?,27?,28-,32+/m0/s1. The molecule has 8 rings (SSSR count). The predicted molar refractivity (Wildman–Crippen MR) is 139 cm³/mol. The first-order valence-corrected chi connectivity index (χ1v) is 12.4. The number of amides is 2. The fourth-order valence-corrected chi connectivity index (χ4v) is 6.79. The number of ether oxygens (including phenoxy) is 1. The minimum absolute atomic E-state index is 0.192. The Bertz CT molecular complexity index is 1560. The van der Waals surface area contributed by atoms with E-state index in [0.717, 1.165) is 22.3 Å². The average molecular weight is 486 g/mol. The summed E-state index contributed by atoms with van der Waals surface area (Å²) < 4.78 is 5.58. The third-order valence-electron chi connectivity index (χ3n) is 8.31. The maximum atomic E-state index is 14.2. The number of benzene rings is 4. The molecule has 4 aromatic carbocycles. The number of carbonyl (C=O) groups is 3. The molecule has 0 aromatic heterocycles. The van der Waals surface area contributed by atoms with Gasteiger partial charge in [0.05, 0.1) is 22.6 Å². The highest BCUT2D eigenvalue weighted by Gasteiger charge is 2.68.